The zero-order valence-corrected chi connectivity index (χ0v) is 10.6. The second-order valence-corrected chi connectivity index (χ2v) is 5.70. The predicted molar refractivity (Wildman–Crippen MR) is 69.9 cm³/mol. The van der Waals surface area contributed by atoms with Crippen LogP contribution in [-0.4, -0.2) is 35.2 Å². The molecule has 4 heteroatoms. The zero-order chi connectivity index (χ0) is 12.5. The van der Waals surface area contributed by atoms with Crippen molar-refractivity contribution in [1.29, 1.82) is 0 Å². The molecule has 1 aliphatic heterocycles. The molecule has 0 unspecified atom stereocenters. The first-order chi connectivity index (χ1) is 7.98. The summed E-state index contributed by atoms with van der Waals surface area (Å²) >= 11 is 0. The van der Waals surface area contributed by atoms with E-state index in [4.69, 9.17) is 0 Å². The Kier molecular flexibility index (Phi) is 3.57. The van der Waals surface area contributed by atoms with Gasteiger partial charge in [-0.2, -0.15) is 0 Å². The largest absolute Gasteiger partial charge is 0.488 e. The van der Waals surface area contributed by atoms with Gasteiger partial charge in [0, 0.05) is 13.1 Å². The van der Waals surface area contributed by atoms with Gasteiger partial charge in [-0.3, -0.25) is 4.90 Å². The molecule has 92 valence electrons. The van der Waals surface area contributed by atoms with Crippen molar-refractivity contribution in [2.75, 3.05) is 13.1 Å². The van der Waals surface area contributed by atoms with Gasteiger partial charge in [-0.25, -0.2) is 0 Å². The van der Waals surface area contributed by atoms with Crippen molar-refractivity contribution >= 4 is 12.6 Å². The van der Waals surface area contributed by atoms with E-state index >= 15 is 0 Å². The maximum Gasteiger partial charge on any atom is 0.488 e. The third kappa shape index (κ3) is 3.09. The van der Waals surface area contributed by atoms with E-state index in [9.17, 15) is 10.0 Å². The van der Waals surface area contributed by atoms with Crippen molar-refractivity contribution in [2.24, 2.45) is 5.41 Å². The Hall–Kier alpha value is -0.835. The lowest BCUT2D eigenvalue weighted by Crippen LogP contribution is -2.35. The Morgan fingerprint density at radius 1 is 1.29 bits per heavy atom. The van der Waals surface area contributed by atoms with Crippen molar-refractivity contribution in [3.8, 4) is 0 Å². The molecule has 17 heavy (non-hydrogen) atoms. The lowest BCUT2D eigenvalue weighted by Gasteiger charge is -2.20. The molecule has 1 fully saturated rings. The van der Waals surface area contributed by atoms with Gasteiger partial charge in [0.05, 0.1) is 0 Å². The van der Waals surface area contributed by atoms with Gasteiger partial charge in [0.15, 0.2) is 0 Å². The summed E-state index contributed by atoms with van der Waals surface area (Å²) in [6.07, 6.45) is 1.21. The van der Waals surface area contributed by atoms with E-state index in [0.29, 0.717) is 10.9 Å². The molecule has 0 aliphatic carbocycles. The molecule has 1 aromatic carbocycles. The van der Waals surface area contributed by atoms with Crippen LogP contribution >= 0.6 is 0 Å². The van der Waals surface area contributed by atoms with Gasteiger partial charge in [-0.15, -0.1) is 0 Å². The van der Waals surface area contributed by atoms with Crippen LogP contribution in [0.15, 0.2) is 24.3 Å². The van der Waals surface area contributed by atoms with Crippen LogP contribution in [0.1, 0.15) is 25.8 Å². The highest BCUT2D eigenvalue weighted by Gasteiger charge is 2.29. The second kappa shape index (κ2) is 4.80. The first-order valence-electron chi connectivity index (χ1n) is 6.14. The molecular weight excluding hydrogens is 213 g/mol. The Morgan fingerprint density at radius 2 is 2.00 bits per heavy atom. The summed E-state index contributed by atoms with van der Waals surface area (Å²) in [5, 5.41) is 18.6. The fourth-order valence-corrected chi connectivity index (χ4v) is 2.53. The first-order valence-corrected chi connectivity index (χ1v) is 6.14. The van der Waals surface area contributed by atoms with Crippen molar-refractivity contribution in [3.05, 3.63) is 29.8 Å². The summed E-state index contributed by atoms with van der Waals surface area (Å²) < 4.78 is 0. The van der Waals surface area contributed by atoms with Gasteiger partial charge in [0.2, 0.25) is 0 Å². The monoisotopic (exact) mass is 233 g/mol. The molecule has 1 heterocycles. The average molecular weight is 233 g/mol. The molecule has 2 N–H and O–H groups in total. The summed E-state index contributed by atoms with van der Waals surface area (Å²) in [6.45, 7) is 7.52. The summed E-state index contributed by atoms with van der Waals surface area (Å²) in [6, 6.07) is 7.54. The second-order valence-electron chi connectivity index (χ2n) is 5.70. The quantitative estimate of drug-likeness (QED) is 0.751. The van der Waals surface area contributed by atoms with E-state index in [0.717, 1.165) is 25.2 Å². The Labute approximate surface area is 103 Å². The summed E-state index contributed by atoms with van der Waals surface area (Å²) in [5.41, 5.74) is 2.02. The highest BCUT2D eigenvalue weighted by atomic mass is 16.4. The minimum atomic E-state index is -1.37. The Balaban J connectivity index is 2.09. The van der Waals surface area contributed by atoms with E-state index in [1.165, 1.54) is 6.42 Å². The van der Waals surface area contributed by atoms with E-state index in [-0.39, 0.29) is 0 Å². The van der Waals surface area contributed by atoms with Crippen LogP contribution in [0, 0.1) is 5.41 Å². The first kappa shape index (κ1) is 12.6. The van der Waals surface area contributed by atoms with Crippen LogP contribution in [0.5, 0.6) is 0 Å². The number of nitrogens with zero attached hydrogens (tertiary/aromatic N) is 1. The summed E-state index contributed by atoms with van der Waals surface area (Å²) in [4.78, 5) is 2.38. The average Bonchev–Trinajstić information content (AvgIpc) is 2.58. The molecule has 0 radical (unpaired) electrons. The molecule has 0 aromatic heterocycles. The molecule has 0 saturated carbocycles. The maximum absolute atomic E-state index is 9.32. The van der Waals surface area contributed by atoms with Crippen molar-refractivity contribution in [2.45, 2.75) is 26.8 Å². The molecule has 0 atom stereocenters. The molecule has 1 aromatic rings. The molecule has 3 nitrogen and oxygen atoms in total. The van der Waals surface area contributed by atoms with Gasteiger partial charge in [0.25, 0.3) is 0 Å². The normalized spacial score (nSPS) is 19.5. The third-order valence-electron chi connectivity index (χ3n) is 3.48. The Bertz CT molecular complexity index is 393. The van der Waals surface area contributed by atoms with Gasteiger partial charge in [-0.1, -0.05) is 38.1 Å². The molecule has 2 rings (SSSR count). The molecule has 1 aliphatic rings. The summed E-state index contributed by atoms with van der Waals surface area (Å²) in [5.74, 6) is 0. The predicted octanol–water partition coefficient (Wildman–Crippen LogP) is 0.598. The maximum atomic E-state index is 9.32. The van der Waals surface area contributed by atoms with E-state index in [1.807, 2.05) is 18.2 Å². The summed E-state index contributed by atoms with van der Waals surface area (Å²) in [7, 11) is -1.37. The van der Waals surface area contributed by atoms with E-state index in [1.54, 1.807) is 6.07 Å². The molecule has 0 bridgehead atoms. The Morgan fingerprint density at radius 3 is 2.59 bits per heavy atom. The number of benzene rings is 1. The number of hydrogen-bond acceptors (Lipinski definition) is 3. The van der Waals surface area contributed by atoms with E-state index in [2.05, 4.69) is 18.7 Å². The third-order valence-corrected chi connectivity index (χ3v) is 3.48. The number of likely N-dealkylation sites (tertiary alicyclic amines) is 1. The molecule has 1 saturated heterocycles. The topological polar surface area (TPSA) is 43.7 Å². The van der Waals surface area contributed by atoms with Crippen molar-refractivity contribution in [1.82, 2.24) is 4.90 Å². The molecule has 0 spiro atoms. The van der Waals surface area contributed by atoms with Crippen molar-refractivity contribution in [3.63, 3.8) is 0 Å². The molecular formula is C13H20BNO2. The van der Waals surface area contributed by atoms with Crippen LogP contribution in [0.4, 0.5) is 0 Å². The van der Waals surface area contributed by atoms with Crippen LogP contribution in [-0.2, 0) is 6.54 Å². The smallest absolute Gasteiger partial charge is 0.423 e. The van der Waals surface area contributed by atoms with E-state index < -0.39 is 7.12 Å². The van der Waals surface area contributed by atoms with Gasteiger partial charge < -0.3 is 10.0 Å². The van der Waals surface area contributed by atoms with Gasteiger partial charge in [-0.05, 0) is 29.4 Å². The fraction of sp³-hybridized carbons (Fsp3) is 0.538. The standard InChI is InChI=1S/C13H20BNO2/c1-13(2)7-8-15(10-13)9-11-5-3-4-6-12(11)14(16)17/h3-6,16-17H,7-10H2,1-2H3. The zero-order valence-electron chi connectivity index (χ0n) is 10.6. The van der Waals surface area contributed by atoms with Crippen LogP contribution in [0.2, 0.25) is 0 Å². The lowest BCUT2D eigenvalue weighted by molar-refractivity contribution is 0.284. The van der Waals surface area contributed by atoms with Crippen LogP contribution in [0.3, 0.4) is 0 Å². The SMILES string of the molecule is CC1(C)CCN(Cc2ccccc2B(O)O)C1. The van der Waals surface area contributed by atoms with Crippen LogP contribution in [0.25, 0.3) is 0 Å². The minimum absolute atomic E-state index is 0.382. The highest BCUT2D eigenvalue weighted by Crippen LogP contribution is 2.29. The van der Waals surface area contributed by atoms with Crippen molar-refractivity contribution < 1.29 is 10.0 Å². The number of hydrogen-bond donors (Lipinski definition) is 2. The lowest BCUT2D eigenvalue weighted by atomic mass is 9.77. The van der Waals surface area contributed by atoms with Gasteiger partial charge >= 0.3 is 7.12 Å². The van der Waals surface area contributed by atoms with Gasteiger partial charge in [0.1, 0.15) is 0 Å². The highest BCUT2D eigenvalue weighted by molar-refractivity contribution is 6.59. The molecule has 0 amide bonds. The minimum Gasteiger partial charge on any atom is -0.423 e. The van der Waals surface area contributed by atoms with Crippen LogP contribution < -0.4 is 5.46 Å². The number of rotatable bonds is 3. The fourth-order valence-electron chi connectivity index (χ4n) is 2.53.